The highest BCUT2D eigenvalue weighted by atomic mass is 35.5. The van der Waals surface area contributed by atoms with Gasteiger partial charge in [0.1, 0.15) is 4.90 Å². The highest BCUT2D eigenvalue weighted by Crippen LogP contribution is 2.32. The zero-order valence-electron chi connectivity index (χ0n) is 14.6. The first kappa shape index (κ1) is 19.7. The first-order valence-electron chi connectivity index (χ1n) is 8.61. The largest absolute Gasteiger partial charge is 0.368 e. The summed E-state index contributed by atoms with van der Waals surface area (Å²) in [6.07, 6.45) is 1.74. The van der Waals surface area contributed by atoms with Crippen LogP contribution in [0.2, 0.25) is 15.1 Å². The molecule has 1 aromatic heterocycles. The summed E-state index contributed by atoms with van der Waals surface area (Å²) < 4.78 is 27.4. The molecular weight excluding hydrogens is 441 g/mol. The molecule has 28 heavy (non-hydrogen) atoms. The monoisotopic (exact) mass is 455 g/mol. The lowest BCUT2D eigenvalue weighted by Gasteiger charge is -2.36. The molecule has 9 heteroatoms. The van der Waals surface area contributed by atoms with Crippen LogP contribution >= 0.6 is 34.8 Å². The van der Waals surface area contributed by atoms with E-state index in [0.717, 1.165) is 16.6 Å². The molecule has 0 N–H and O–H groups in total. The summed E-state index contributed by atoms with van der Waals surface area (Å²) in [5.41, 5.74) is 1.82. The highest BCUT2D eigenvalue weighted by molar-refractivity contribution is 7.89. The summed E-state index contributed by atoms with van der Waals surface area (Å²) >= 11 is 18.2. The van der Waals surface area contributed by atoms with Crippen molar-refractivity contribution in [1.29, 1.82) is 0 Å². The highest BCUT2D eigenvalue weighted by Gasteiger charge is 2.31. The van der Waals surface area contributed by atoms with Crippen molar-refractivity contribution in [3.8, 4) is 0 Å². The van der Waals surface area contributed by atoms with Gasteiger partial charge in [-0.05, 0) is 36.4 Å². The molecule has 1 fully saturated rings. The Morgan fingerprint density at radius 3 is 2.43 bits per heavy atom. The van der Waals surface area contributed by atoms with Crippen molar-refractivity contribution in [2.45, 2.75) is 4.90 Å². The maximum atomic E-state index is 13.0. The van der Waals surface area contributed by atoms with Crippen LogP contribution in [0.3, 0.4) is 0 Å². The molecule has 0 radical (unpaired) electrons. The van der Waals surface area contributed by atoms with Crippen molar-refractivity contribution in [3.63, 3.8) is 0 Å². The smallest absolute Gasteiger partial charge is 0.244 e. The quantitative estimate of drug-likeness (QED) is 0.573. The Morgan fingerprint density at radius 1 is 0.929 bits per heavy atom. The van der Waals surface area contributed by atoms with Gasteiger partial charge >= 0.3 is 0 Å². The molecule has 1 aliphatic heterocycles. The minimum Gasteiger partial charge on any atom is -0.368 e. The van der Waals surface area contributed by atoms with E-state index >= 15 is 0 Å². The predicted octanol–water partition coefficient (Wildman–Crippen LogP) is 4.71. The maximum Gasteiger partial charge on any atom is 0.244 e. The second-order valence-electron chi connectivity index (χ2n) is 6.43. The van der Waals surface area contributed by atoms with Gasteiger partial charge in [-0.1, -0.05) is 40.9 Å². The summed E-state index contributed by atoms with van der Waals surface area (Å²) in [5, 5.41) is 1.90. The van der Waals surface area contributed by atoms with Crippen LogP contribution in [0, 0.1) is 0 Å². The third kappa shape index (κ3) is 3.55. The summed E-state index contributed by atoms with van der Waals surface area (Å²) in [6.45, 7) is 1.81. The molecule has 0 amide bonds. The Morgan fingerprint density at radius 2 is 1.68 bits per heavy atom. The van der Waals surface area contributed by atoms with Crippen LogP contribution in [0.5, 0.6) is 0 Å². The lowest BCUT2D eigenvalue weighted by atomic mass is 10.1. The zero-order chi connectivity index (χ0) is 19.9. The summed E-state index contributed by atoms with van der Waals surface area (Å²) in [7, 11) is -3.71. The van der Waals surface area contributed by atoms with E-state index in [0.29, 0.717) is 31.2 Å². The summed E-state index contributed by atoms with van der Waals surface area (Å²) in [5.74, 6) is 0. The molecule has 0 atom stereocenters. The van der Waals surface area contributed by atoms with Gasteiger partial charge in [0.2, 0.25) is 10.0 Å². The number of hydrogen-bond donors (Lipinski definition) is 0. The number of hydrogen-bond acceptors (Lipinski definition) is 4. The van der Waals surface area contributed by atoms with Gasteiger partial charge in [0.15, 0.2) is 0 Å². The molecule has 0 spiro atoms. The molecule has 5 nitrogen and oxygen atoms in total. The van der Waals surface area contributed by atoms with Crippen LogP contribution in [0.1, 0.15) is 0 Å². The number of nitrogens with zero attached hydrogens (tertiary/aromatic N) is 3. The lowest BCUT2D eigenvalue weighted by Crippen LogP contribution is -2.48. The minimum absolute atomic E-state index is 0.0409. The van der Waals surface area contributed by atoms with Crippen LogP contribution in [-0.4, -0.2) is 43.9 Å². The Bertz CT molecular complexity index is 1150. The van der Waals surface area contributed by atoms with E-state index in [1.165, 1.54) is 10.4 Å². The molecule has 2 aromatic carbocycles. The number of rotatable bonds is 3. The van der Waals surface area contributed by atoms with Gasteiger partial charge in [-0.25, -0.2) is 8.42 Å². The van der Waals surface area contributed by atoms with Crippen LogP contribution in [0.25, 0.3) is 10.9 Å². The normalized spacial score (nSPS) is 15.9. The number of piperazine rings is 1. The maximum absolute atomic E-state index is 13.0. The zero-order valence-corrected chi connectivity index (χ0v) is 17.7. The molecule has 2 heterocycles. The van der Waals surface area contributed by atoms with Gasteiger partial charge in [-0.3, -0.25) is 4.98 Å². The molecule has 0 unspecified atom stereocenters. The number of sulfonamides is 1. The molecule has 0 aliphatic carbocycles. The number of benzene rings is 2. The van der Waals surface area contributed by atoms with Crippen molar-refractivity contribution in [2.75, 3.05) is 31.1 Å². The average Bonchev–Trinajstić information content (AvgIpc) is 2.69. The molecule has 4 rings (SSSR count). The third-order valence-corrected chi connectivity index (χ3v) is 7.90. The van der Waals surface area contributed by atoms with Gasteiger partial charge in [-0.15, -0.1) is 0 Å². The Kier molecular flexibility index (Phi) is 5.42. The first-order chi connectivity index (χ1) is 13.4. The van der Waals surface area contributed by atoms with Gasteiger partial charge in [0.05, 0.1) is 15.6 Å². The van der Waals surface area contributed by atoms with Crippen molar-refractivity contribution in [2.24, 2.45) is 0 Å². The Labute approximate surface area is 178 Å². The number of aromatic nitrogens is 1. The van der Waals surface area contributed by atoms with Crippen LogP contribution in [-0.2, 0) is 10.0 Å². The Hall–Kier alpha value is -1.57. The molecular formula is C19H16Cl3N3O2S. The fourth-order valence-corrected chi connectivity index (χ4v) is 5.70. The number of pyridine rings is 1. The summed E-state index contributed by atoms with van der Waals surface area (Å²) in [6, 6.07) is 12.2. The second kappa shape index (κ2) is 7.69. The van der Waals surface area contributed by atoms with Gasteiger partial charge < -0.3 is 4.90 Å². The van der Waals surface area contributed by atoms with Crippen molar-refractivity contribution in [3.05, 3.63) is 63.7 Å². The molecule has 0 bridgehead atoms. The van der Waals surface area contributed by atoms with Crippen LogP contribution in [0.15, 0.2) is 53.6 Å². The molecule has 146 valence electrons. The fraction of sp³-hybridized carbons (Fsp3) is 0.211. The van der Waals surface area contributed by atoms with Crippen molar-refractivity contribution in [1.82, 2.24) is 9.29 Å². The van der Waals surface area contributed by atoms with E-state index in [-0.39, 0.29) is 14.9 Å². The van der Waals surface area contributed by atoms with E-state index in [1.807, 2.05) is 24.3 Å². The first-order valence-corrected chi connectivity index (χ1v) is 11.2. The molecule has 1 saturated heterocycles. The van der Waals surface area contributed by atoms with Crippen LogP contribution in [0.4, 0.5) is 5.69 Å². The second-order valence-corrected chi connectivity index (χ2v) is 9.56. The predicted molar refractivity (Wildman–Crippen MR) is 114 cm³/mol. The lowest BCUT2D eigenvalue weighted by molar-refractivity contribution is 0.385. The number of halogens is 3. The van der Waals surface area contributed by atoms with E-state index in [2.05, 4.69) is 9.88 Å². The topological polar surface area (TPSA) is 53.5 Å². The van der Waals surface area contributed by atoms with E-state index in [9.17, 15) is 8.42 Å². The molecule has 0 saturated carbocycles. The van der Waals surface area contributed by atoms with Crippen LogP contribution < -0.4 is 4.90 Å². The van der Waals surface area contributed by atoms with E-state index in [1.54, 1.807) is 18.3 Å². The van der Waals surface area contributed by atoms with E-state index < -0.39 is 10.0 Å². The minimum atomic E-state index is -3.71. The summed E-state index contributed by atoms with van der Waals surface area (Å²) in [4.78, 5) is 6.56. The number of fused-ring (bicyclic) bond motifs is 1. The van der Waals surface area contributed by atoms with Gasteiger partial charge in [-0.2, -0.15) is 4.31 Å². The standard InChI is InChI=1S/C19H16Cl3N3O2S/c20-13-4-5-14-16(12-13)23-7-6-17(14)24-8-10-25(11-9-24)28(26,27)18-3-1-2-15(21)19(18)22/h1-7,12H,8-11H2. The third-order valence-electron chi connectivity index (χ3n) is 4.80. The fourth-order valence-electron chi connectivity index (χ4n) is 3.37. The van der Waals surface area contributed by atoms with Crippen molar-refractivity contribution >= 4 is 61.4 Å². The average molecular weight is 457 g/mol. The number of anilines is 1. The van der Waals surface area contributed by atoms with Gasteiger partial charge in [0.25, 0.3) is 0 Å². The Balaban J connectivity index is 1.58. The van der Waals surface area contributed by atoms with Gasteiger partial charge in [0, 0.05) is 48.5 Å². The van der Waals surface area contributed by atoms with Crippen molar-refractivity contribution < 1.29 is 8.42 Å². The SMILES string of the molecule is O=S(=O)(c1cccc(Cl)c1Cl)N1CCN(c2ccnc3cc(Cl)ccc23)CC1. The van der Waals surface area contributed by atoms with E-state index in [4.69, 9.17) is 34.8 Å². The molecule has 3 aromatic rings. The molecule has 1 aliphatic rings.